The standard InChI is InChI=1S/C9H11F3N2O.ClH/c1-6(9(10,11)12)15-8-3-2-7(4-13)5-14-8;/h2-3,5-6H,4,13H2,1H3;1H/t6-;/m1./s1. The third kappa shape index (κ3) is 4.24. The number of nitrogens with zero attached hydrogens (tertiary/aromatic N) is 1. The van der Waals surface area contributed by atoms with Crippen molar-refractivity contribution in [3.63, 3.8) is 0 Å². The Morgan fingerprint density at radius 1 is 1.44 bits per heavy atom. The first-order valence-corrected chi connectivity index (χ1v) is 4.32. The first kappa shape index (κ1) is 15.0. The van der Waals surface area contributed by atoms with Crippen molar-refractivity contribution in [2.45, 2.75) is 25.7 Å². The number of rotatable bonds is 3. The lowest BCUT2D eigenvalue weighted by molar-refractivity contribution is -0.189. The SMILES string of the molecule is C[C@@H](Oc1ccc(CN)cn1)C(F)(F)F.Cl. The van der Waals surface area contributed by atoms with E-state index < -0.39 is 12.3 Å². The second-order valence-corrected chi connectivity index (χ2v) is 3.01. The summed E-state index contributed by atoms with van der Waals surface area (Å²) in [5, 5.41) is 0. The summed E-state index contributed by atoms with van der Waals surface area (Å²) in [6.45, 7) is 1.22. The van der Waals surface area contributed by atoms with E-state index in [0.717, 1.165) is 12.5 Å². The van der Waals surface area contributed by atoms with Crippen molar-refractivity contribution in [3.05, 3.63) is 23.9 Å². The van der Waals surface area contributed by atoms with Gasteiger partial charge in [0, 0.05) is 18.8 Å². The normalized spacial score (nSPS) is 12.8. The zero-order chi connectivity index (χ0) is 11.5. The molecule has 1 aromatic heterocycles. The van der Waals surface area contributed by atoms with Crippen LogP contribution < -0.4 is 10.5 Å². The number of alkyl halides is 3. The van der Waals surface area contributed by atoms with Crippen LogP contribution in [0.1, 0.15) is 12.5 Å². The molecule has 1 aromatic rings. The molecule has 1 heterocycles. The maximum Gasteiger partial charge on any atom is 0.425 e. The zero-order valence-electron chi connectivity index (χ0n) is 8.49. The van der Waals surface area contributed by atoms with Gasteiger partial charge in [-0.25, -0.2) is 4.98 Å². The number of nitrogens with two attached hydrogens (primary N) is 1. The van der Waals surface area contributed by atoms with E-state index in [-0.39, 0.29) is 18.3 Å². The van der Waals surface area contributed by atoms with E-state index >= 15 is 0 Å². The number of ether oxygens (including phenoxy) is 1. The molecule has 0 saturated carbocycles. The third-order valence-electron chi connectivity index (χ3n) is 1.79. The Kier molecular flexibility index (Phi) is 5.53. The lowest BCUT2D eigenvalue weighted by atomic mass is 10.3. The Balaban J connectivity index is 0.00000225. The summed E-state index contributed by atoms with van der Waals surface area (Å²) in [5.74, 6) is -0.0583. The Labute approximate surface area is 97.2 Å². The quantitative estimate of drug-likeness (QED) is 0.903. The topological polar surface area (TPSA) is 48.1 Å². The molecule has 0 aliphatic carbocycles. The highest BCUT2D eigenvalue weighted by Crippen LogP contribution is 2.23. The van der Waals surface area contributed by atoms with Crippen molar-refractivity contribution in [3.8, 4) is 5.88 Å². The zero-order valence-corrected chi connectivity index (χ0v) is 9.31. The molecule has 16 heavy (non-hydrogen) atoms. The Bertz CT molecular complexity index is 316. The van der Waals surface area contributed by atoms with E-state index in [1.165, 1.54) is 12.3 Å². The molecule has 0 aromatic carbocycles. The Hall–Kier alpha value is -1.01. The van der Waals surface area contributed by atoms with Crippen molar-refractivity contribution < 1.29 is 17.9 Å². The summed E-state index contributed by atoms with van der Waals surface area (Å²) in [6.07, 6.45) is -4.86. The van der Waals surface area contributed by atoms with Gasteiger partial charge in [-0.05, 0) is 12.5 Å². The van der Waals surface area contributed by atoms with E-state index in [9.17, 15) is 13.2 Å². The summed E-state index contributed by atoms with van der Waals surface area (Å²) in [4.78, 5) is 3.70. The third-order valence-corrected chi connectivity index (χ3v) is 1.79. The molecule has 0 radical (unpaired) electrons. The molecule has 7 heteroatoms. The highest BCUT2D eigenvalue weighted by atomic mass is 35.5. The first-order valence-electron chi connectivity index (χ1n) is 4.32. The number of pyridine rings is 1. The summed E-state index contributed by atoms with van der Waals surface area (Å²) in [6, 6.07) is 2.94. The fourth-order valence-corrected chi connectivity index (χ4v) is 0.849. The van der Waals surface area contributed by atoms with Crippen LogP contribution >= 0.6 is 12.4 Å². The highest BCUT2D eigenvalue weighted by molar-refractivity contribution is 5.85. The van der Waals surface area contributed by atoms with E-state index in [1.54, 1.807) is 6.07 Å². The van der Waals surface area contributed by atoms with Gasteiger partial charge in [-0.3, -0.25) is 0 Å². The molecule has 2 N–H and O–H groups in total. The number of hydrogen-bond acceptors (Lipinski definition) is 3. The van der Waals surface area contributed by atoms with Crippen LogP contribution in [0, 0.1) is 0 Å². The maximum atomic E-state index is 12.1. The van der Waals surface area contributed by atoms with Crippen molar-refractivity contribution in [1.29, 1.82) is 0 Å². The molecule has 0 spiro atoms. The Morgan fingerprint density at radius 3 is 2.44 bits per heavy atom. The summed E-state index contributed by atoms with van der Waals surface area (Å²) in [5.41, 5.74) is 6.05. The molecule has 0 fully saturated rings. The van der Waals surface area contributed by atoms with Crippen molar-refractivity contribution in [1.82, 2.24) is 4.98 Å². The van der Waals surface area contributed by atoms with Crippen LogP contribution in [-0.2, 0) is 6.54 Å². The molecule has 1 atom stereocenters. The summed E-state index contributed by atoms with van der Waals surface area (Å²) >= 11 is 0. The first-order chi connectivity index (χ1) is 6.93. The lowest BCUT2D eigenvalue weighted by Crippen LogP contribution is -2.31. The van der Waals surface area contributed by atoms with E-state index in [0.29, 0.717) is 6.54 Å². The summed E-state index contributed by atoms with van der Waals surface area (Å²) in [7, 11) is 0. The Morgan fingerprint density at radius 2 is 2.06 bits per heavy atom. The smallest absolute Gasteiger partial charge is 0.425 e. The summed E-state index contributed by atoms with van der Waals surface area (Å²) < 4.78 is 40.9. The minimum atomic E-state index is -4.38. The number of aromatic nitrogens is 1. The second-order valence-electron chi connectivity index (χ2n) is 3.01. The van der Waals surface area contributed by atoms with Crippen LogP contribution in [0.2, 0.25) is 0 Å². The number of halogens is 4. The van der Waals surface area contributed by atoms with Gasteiger partial charge in [0.2, 0.25) is 5.88 Å². The number of hydrogen-bond donors (Lipinski definition) is 1. The maximum absolute atomic E-state index is 12.1. The molecule has 0 bridgehead atoms. The van der Waals surface area contributed by atoms with Gasteiger partial charge in [0.25, 0.3) is 0 Å². The average Bonchev–Trinajstić information content (AvgIpc) is 2.17. The monoisotopic (exact) mass is 256 g/mol. The van der Waals surface area contributed by atoms with E-state index in [1.807, 2.05) is 0 Å². The molecule has 0 amide bonds. The average molecular weight is 257 g/mol. The van der Waals surface area contributed by atoms with Crippen LogP contribution in [0.5, 0.6) is 5.88 Å². The fraction of sp³-hybridized carbons (Fsp3) is 0.444. The van der Waals surface area contributed by atoms with Gasteiger partial charge in [0.15, 0.2) is 6.10 Å². The molecular weight excluding hydrogens is 245 g/mol. The van der Waals surface area contributed by atoms with Gasteiger partial charge >= 0.3 is 6.18 Å². The molecule has 0 unspecified atom stereocenters. The van der Waals surface area contributed by atoms with Gasteiger partial charge in [-0.2, -0.15) is 13.2 Å². The van der Waals surface area contributed by atoms with Gasteiger partial charge in [0.1, 0.15) is 0 Å². The molecule has 0 saturated heterocycles. The van der Waals surface area contributed by atoms with E-state index in [2.05, 4.69) is 9.72 Å². The lowest BCUT2D eigenvalue weighted by Gasteiger charge is -2.16. The molecular formula is C9H12ClF3N2O. The van der Waals surface area contributed by atoms with E-state index in [4.69, 9.17) is 5.73 Å². The van der Waals surface area contributed by atoms with Gasteiger partial charge in [-0.1, -0.05) is 6.07 Å². The van der Waals surface area contributed by atoms with Crippen LogP contribution in [0.3, 0.4) is 0 Å². The molecule has 3 nitrogen and oxygen atoms in total. The fourth-order valence-electron chi connectivity index (χ4n) is 0.849. The largest absolute Gasteiger partial charge is 0.465 e. The molecule has 92 valence electrons. The van der Waals surface area contributed by atoms with Crippen molar-refractivity contribution in [2.24, 2.45) is 5.73 Å². The van der Waals surface area contributed by atoms with Crippen molar-refractivity contribution in [2.75, 3.05) is 0 Å². The predicted molar refractivity (Wildman–Crippen MR) is 55.5 cm³/mol. The van der Waals surface area contributed by atoms with Crippen LogP contribution in [-0.4, -0.2) is 17.3 Å². The molecule has 0 aliphatic rings. The second kappa shape index (κ2) is 5.91. The molecule has 1 rings (SSSR count). The van der Waals surface area contributed by atoms with Crippen molar-refractivity contribution >= 4 is 12.4 Å². The predicted octanol–water partition coefficient (Wildman–Crippen LogP) is 2.29. The minimum Gasteiger partial charge on any atom is -0.465 e. The van der Waals surface area contributed by atoms with Crippen LogP contribution in [0.4, 0.5) is 13.2 Å². The molecule has 0 aliphatic heterocycles. The van der Waals surface area contributed by atoms with Crippen LogP contribution in [0.15, 0.2) is 18.3 Å². The minimum absolute atomic E-state index is 0. The van der Waals surface area contributed by atoms with Gasteiger partial charge in [-0.15, -0.1) is 12.4 Å². The van der Waals surface area contributed by atoms with Gasteiger partial charge < -0.3 is 10.5 Å². The van der Waals surface area contributed by atoms with Gasteiger partial charge in [0.05, 0.1) is 0 Å². The van der Waals surface area contributed by atoms with Crippen LogP contribution in [0.25, 0.3) is 0 Å². The highest BCUT2D eigenvalue weighted by Gasteiger charge is 2.38.